The molecule has 2 rings (SSSR count). The van der Waals surface area contributed by atoms with Crippen molar-refractivity contribution in [2.45, 2.75) is 31.7 Å². The van der Waals surface area contributed by atoms with Gasteiger partial charge < -0.3 is 25.1 Å². The van der Waals surface area contributed by atoms with Crippen molar-refractivity contribution in [1.82, 2.24) is 20.0 Å². The van der Waals surface area contributed by atoms with Crippen LogP contribution in [0.25, 0.3) is 0 Å². The van der Waals surface area contributed by atoms with Gasteiger partial charge in [0.1, 0.15) is 0 Å². The molecule has 6 heteroatoms. The molecule has 2 aliphatic heterocycles. The second-order valence-corrected chi connectivity index (χ2v) is 6.98. The van der Waals surface area contributed by atoms with Crippen LogP contribution in [0.4, 0.5) is 4.79 Å². The number of hydrogen-bond donors (Lipinski definition) is 2. The lowest BCUT2D eigenvalue weighted by Gasteiger charge is -2.36. The molecule has 6 nitrogen and oxygen atoms in total. The van der Waals surface area contributed by atoms with E-state index in [-0.39, 0.29) is 12.6 Å². The molecule has 0 aromatic heterocycles. The molecule has 2 heterocycles. The van der Waals surface area contributed by atoms with E-state index in [4.69, 9.17) is 5.11 Å². The van der Waals surface area contributed by atoms with Crippen LogP contribution >= 0.6 is 0 Å². The normalized spacial score (nSPS) is 22.3. The van der Waals surface area contributed by atoms with Crippen LogP contribution in [0.3, 0.4) is 0 Å². The van der Waals surface area contributed by atoms with Crippen molar-refractivity contribution < 1.29 is 9.90 Å². The van der Waals surface area contributed by atoms with E-state index in [9.17, 15) is 4.79 Å². The van der Waals surface area contributed by atoms with Crippen LogP contribution < -0.4 is 5.32 Å². The van der Waals surface area contributed by atoms with Crippen LogP contribution in [-0.4, -0.2) is 91.8 Å². The summed E-state index contributed by atoms with van der Waals surface area (Å²) in [6.07, 6.45) is 3.94. The standard InChI is InChI=1S/C16H32N4O2/c1-18(2)11-12-19-7-5-15(6-8-19)17-16(22)20-9-3-14(13-21)4-10-20/h14-15,21H,3-13H2,1-2H3,(H,17,22). The number of rotatable bonds is 5. The number of nitrogens with one attached hydrogen (secondary N) is 1. The van der Waals surface area contributed by atoms with Crippen molar-refractivity contribution in [3.05, 3.63) is 0 Å². The highest BCUT2D eigenvalue weighted by Gasteiger charge is 2.25. The first kappa shape index (κ1) is 17.5. The predicted octanol–water partition coefficient (Wildman–Crippen LogP) is 0.426. The molecular weight excluding hydrogens is 280 g/mol. The number of likely N-dealkylation sites (tertiary alicyclic amines) is 2. The quantitative estimate of drug-likeness (QED) is 0.773. The van der Waals surface area contributed by atoms with Crippen molar-refractivity contribution in [2.75, 3.05) is 60.0 Å². The summed E-state index contributed by atoms with van der Waals surface area (Å²) in [6.45, 7) is 6.16. The minimum Gasteiger partial charge on any atom is -0.396 e. The van der Waals surface area contributed by atoms with Crippen molar-refractivity contribution in [1.29, 1.82) is 0 Å². The highest BCUT2D eigenvalue weighted by Crippen LogP contribution is 2.17. The van der Waals surface area contributed by atoms with E-state index in [2.05, 4.69) is 29.2 Å². The maximum atomic E-state index is 12.3. The number of nitrogens with zero attached hydrogens (tertiary/aromatic N) is 3. The summed E-state index contributed by atoms with van der Waals surface area (Å²) in [5.41, 5.74) is 0. The topological polar surface area (TPSA) is 59.0 Å². The Morgan fingerprint density at radius 2 is 1.77 bits per heavy atom. The number of carbonyl (C=O) groups is 1. The van der Waals surface area contributed by atoms with Gasteiger partial charge in [0.15, 0.2) is 0 Å². The first-order valence-corrected chi connectivity index (χ1v) is 8.62. The molecule has 0 bridgehead atoms. The number of amides is 2. The minimum absolute atomic E-state index is 0.0862. The average Bonchev–Trinajstić information content (AvgIpc) is 2.54. The summed E-state index contributed by atoms with van der Waals surface area (Å²) in [6, 6.07) is 0.404. The molecule has 2 N–H and O–H groups in total. The van der Waals surface area contributed by atoms with E-state index in [0.717, 1.165) is 65.0 Å². The Balaban J connectivity index is 1.64. The smallest absolute Gasteiger partial charge is 0.317 e. The maximum absolute atomic E-state index is 12.3. The third-order valence-electron chi connectivity index (χ3n) is 4.94. The molecule has 0 aliphatic carbocycles. The molecule has 2 amide bonds. The first-order chi connectivity index (χ1) is 10.6. The van der Waals surface area contributed by atoms with Gasteiger partial charge in [0.05, 0.1) is 0 Å². The van der Waals surface area contributed by atoms with Gasteiger partial charge in [0.25, 0.3) is 0 Å². The number of carbonyl (C=O) groups excluding carboxylic acids is 1. The number of aliphatic hydroxyl groups excluding tert-OH is 1. The van der Waals surface area contributed by atoms with Crippen LogP contribution in [0.1, 0.15) is 25.7 Å². The molecule has 0 aromatic rings. The number of urea groups is 1. The maximum Gasteiger partial charge on any atom is 0.317 e. The third kappa shape index (κ3) is 5.41. The monoisotopic (exact) mass is 312 g/mol. The zero-order chi connectivity index (χ0) is 15.9. The molecule has 0 radical (unpaired) electrons. The van der Waals surface area contributed by atoms with Crippen LogP contribution in [0, 0.1) is 5.92 Å². The van der Waals surface area contributed by atoms with Gasteiger partial charge in [0.2, 0.25) is 0 Å². The molecule has 0 spiro atoms. The Morgan fingerprint density at radius 1 is 1.14 bits per heavy atom. The Hall–Kier alpha value is -0.850. The second kappa shape index (κ2) is 8.70. The van der Waals surface area contributed by atoms with E-state index in [1.807, 2.05) is 4.90 Å². The summed E-state index contributed by atoms with van der Waals surface area (Å²) >= 11 is 0. The number of likely N-dealkylation sites (N-methyl/N-ethyl adjacent to an activating group) is 1. The molecule has 128 valence electrons. The largest absolute Gasteiger partial charge is 0.396 e. The van der Waals surface area contributed by atoms with Crippen LogP contribution in [0.5, 0.6) is 0 Å². The highest BCUT2D eigenvalue weighted by molar-refractivity contribution is 5.74. The zero-order valence-electron chi connectivity index (χ0n) is 14.1. The fourth-order valence-electron chi connectivity index (χ4n) is 3.23. The van der Waals surface area contributed by atoms with Gasteiger partial charge in [-0.05, 0) is 45.7 Å². The van der Waals surface area contributed by atoms with Gasteiger partial charge in [-0.1, -0.05) is 0 Å². The van der Waals surface area contributed by atoms with E-state index in [1.54, 1.807) is 0 Å². The zero-order valence-corrected chi connectivity index (χ0v) is 14.1. The molecule has 0 unspecified atom stereocenters. The van der Waals surface area contributed by atoms with Gasteiger partial charge >= 0.3 is 6.03 Å². The lowest BCUT2D eigenvalue weighted by molar-refractivity contribution is 0.130. The molecule has 2 saturated heterocycles. The minimum atomic E-state index is 0.0862. The second-order valence-electron chi connectivity index (χ2n) is 6.98. The molecular formula is C16H32N4O2. The lowest BCUT2D eigenvalue weighted by atomic mass is 9.98. The summed E-state index contributed by atoms with van der Waals surface area (Å²) in [4.78, 5) is 18.9. The van der Waals surface area contributed by atoms with Gasteiger partial charge in [-0.2, -0.15) is 0 Å². The average molecular weight is 312 g/mol. The van der Waals surface area contributed by atoms with E-state index in [1.165, 1.54) is 0 Å². The Morgan fingerprint density at radius 3 is 2.32 bits per heavy atom. The van der Waals surface area contributed by atoms with Gasteiger partial charge in [0, 0.05) is 51.9 Å². The van der Waals surface area contributed by atoms with E-state index in [0.29, 0.717) is 12.0 Å². The number of piperidine rings is 2. The predicted molar refractivity (Wildman–Crippen MR) is 87.9 cm³/mol. The van der Waals surface area contributed by atoms with Crippen molar-refractivity contribution in [2.24, 2.45) is 5.92 Å². The molecule has 0 atom stereocenters. The fourth-order valence-corrected chi connectivity index (χ4v) is 3.23. The Kier molecular flexibility index (Phi) is 6.92. The Labute approximate surface area is 134 Å². The SMILES string of the molecule is CN(C)CCN1CCC(NC(=O)N2CCC(CO)CC2)CC1. The van der Waals surface area contributed by atoms with Crippen molar-refractivity contribution in [3.63, 3.8) is 0 Å². The fraction of sp³-hybridized carbons (Fsp3) is 0.938. The molecule has 0 saturated carbocycles. The molecule has 22 heavy (non-hydrogen) atoms. The van der Waals surface area contributed by atoms with Gasteiger partial charge in [-0.25, -0.2) is 4.79 Å². The van der Waals surface area contributed by atoms with Crippen molar-refractivity contribution in [3.8, 4) is 0 Å². The number of hydrogen-bond acceptors (Lipinski definition) is 4. The highest BCUT2D eigenvalue weighted by atomic mass is 16.3. The third-order valence-corrected chi connectivity index (χ3v) is 4.94. The summed E-state index contributed by atoms with van der Waals surface area (Å²) < 4.78 is 0. The molecule has 2 aliphatic rings. The van der Waals surface area contributed by atoms with E-state index < -0.39 is 0 Å². The summed E-state index contributed by atoms with van der Waals surface area (Å²) in [7, 11) is 4.21. The summed E-state index contributed by atoms with van der Waals surface area (Å²) in [5, 5.41) is 12.3. The van der Waals surface area contributed by atoms with Gasteiger partial charge in [-0.3, -0.25) is 0 Å². The van der Waals surface area contributed by atoms with Crippen LogP contribution in [0.2, 0.25) is 0 Å². The van der Waals surface area contributed by atoms with Crippen molar-refractivity contribution >= 4 is 6.03 Å². The lowest BCUT2D eigenvalue weighted by Crippen LogP contribution is -2.51. The van der Waals surface area contributed by atoms with Crippen LogP contribution in [-0.2, 0) is 0 Å². The molecule has 2 fully saturated rings. The Bertz CT molecular complexity index is 335. The molecule has 0 aromatic carbocycles. The van der Waals surface area contributed by atoms with E-state index >= 15 is 0 Å². The first-order valence-electron chi connectivity index (χ1n) is 8.62. The van der Waals surface area contributed by atoms with Gasteiger partial charge in [-0.15, -0.1) is 0 Å². The van der Waals surface area contributed by atoms with Crippen LogP contribution in [0.15, 0.2) is 0 Å². The summed E-state index contributed by atoms with van der Waals surface area (Å²) in [5.74, 6) is 0.379. The number of aliphatic hydroxyl groups is 1.